The zero-order valence-corrected chi connectivity index (χ0v) is 6.48. The van der Waals surface area contributed by atoms with Crippen LogP contribution in [0.2, 0.25) is 0 Å². The van der Waals surface area contributed by atoms with Crippen LogP contribution in [0.15, 0.2) is 0 Å². The molecule has 3 N–H and O–H groups in total. The van der Waals surface area contributed by atoms with Gasteiger partial charge in [-0.15, -0.1) is 0 Å². The van der Waals surface area contributed by atoms with Gasteiger partial charge in [0.25, 0.3) is 0 Å². The van der Waals surface area contributed by atoms with E-state index in [9.17, 15) is 0 Å². The molecule has 2 heteroatoms. The highest BCUT2D eigenvalue weighted by Gasteiger charge is 2.14. The van der Waals surface area contributed by atoms with Gasteiger partial charge in [0.1, 0.15) is 0 Å². The Hall–Kier alpha value is -0.0800. The Kier molecular flexibility index (Phi) is 4.72. The fourth-order valence-electron chi connectivity index (χ4n) is 0.964. The molecule has 0 aromatic rings. The van der Waals surface area contributed by atoms with Crippen LogP contribution >= 0.6 is 0 Å². The zero-order valence-electron chi connectivity index (χ0n) is 6.48. The summed E-state index contributed by atoms with van der Waals surface area (Å²) in [5, 5.41) is 0. The summed E-state index contributed by atoms with van der Waals surface area (Å²) < 4.78 is 0. The van der Waals surface area contributed by atoms with Crippen LogP contribution in [0.1, 0.15) is 20.3 Å². The largest absolute Gasteiger partial charge is 0.466 e. The summed E-state index contributed by atoms with van der Waals surface area (Å²) in [6, 6.07) is 0.424. The number of likely N-dealkylation sites (tertiary alicyclic amines) is 1. The van der Waals surface area contributed by atoms with Crippen molar-refractivity contribution < 1.29 is 4.90 Å². The van der Waals surface area contributed by atoms with Crippen LogP contribution < -0.4 is 10.6 Å². The van der Waals surface area contributed by atoms with Crippen molar-refractivity contribution in [2.24, 2.45) is 5.73 Å². The molecule has 1 aliphatic heterocycles. The van der Waals surface area contributed by atoms with E-state index in [1.807, 2.05) is 13.8 Å². The topological polar surface area (TPSA) is 30.5 Å². The summed E-state index contributed by atoms with van der Waals surface area (Å²) in [4.78, 5) is 1.33. The van der Waals surface area contributed by atoms with Gasteiger partial charge in [-0.3, -0.25) is 0 Å². The number of quaternary nitrogens is 1. The SMILES string of the molecule is CC.[CH2-][NH+]1CCC(N)C1. The molecular formula is C7H18N2. The van der Waals surface area contributed by atoms with Crippen molar-refractivity contribution >= 4 is 0 Å². The number of hydrogen-bond acceptors (Lipinski definition) is 1. The number of rotatable bonds is 0. The zero-order chi connectivity index (χ0) is 7.28. The molecule has 2 unspecified atom stereocenters. The van der Waals surface area contributed by atoms with Gasteiger partial charge in [0.2, 0.25) is 0 Å². The maximum Gasteiger partial charge on any atom is 0.0686 e. The van der Waals surface area contributed by atoms with Gasteiger partial charge in [0.15, 0.2) is 0 Å². The molecule has 1 heterocycles. The van der Waals surface area contributed by atoms with Crippen LogP contribution in [-0.4, -0.2) is 19.1 Å². The van der Waals surface area contributed by atoms with Gasteiger partial charge in [-0.2, -0.15) is 7.05 Å². The molecule has 0 bridgehead atoms. The van der Waals surface area contributed by atoms with E-state index >= 15 is 0 Å². The van der Waals surface area contributed by atoms with Gasteiger partial charge in [-0.05, 0) is 0 Å². The van der Waals surface area contributed by atoms with Crippen LogP contribution in [0, 0.1) is 7.05 Å². The average Bonchev–Trinajstić information content (AvgIpc) is 2.20. The molecule has 0 amide bonds. The predicted molar refractivity (Wildman–Crippen MR) is 40.0 cm³/mol. The van der Waals surface area contributed by atoms with Gasteiger partial charge in [0.05, 0.1) is 19.1 Å². The van der Waals surface area contributed by atoms with Crippen LogP contribution in [0.25, 0.3) is 0 Å². The molecule has 0 aliphatic carbocycles. The van der Waals surface area contributed by atoms with Crippen molar-refractivity contribution in [3.8, 4) is 0 Å². The fourth-order valence-corrected chi connectivity index (χ4v) is 0.964. The first-order valence-electron chi connectivity index (χ1n) is 3.71. The quantitative estimate of drug-likeness (QED) is 0.422. The van der Waals surface area contributed by atoms with Crippen molar-refractivity contribution in [3.63, 3.8) is 0 Å². The summed E-state index contributed by atoms with van der Waals surface area (Å²) in [5.41, 5.74) is 5.56. The van der Waals surface area contributed by atoms with Crippen LogP contribution in [-0.2, 0) is 0 Å². The lowest BCUT2D eigenvalue weighted by Crippen LogP contribution is -3.05. The Balaban J connectivity index is 0.000000291. The smallest absolute Gasteiger partial charge is 0.0686 e. The fraction of sp³-hybridized carbons (Fsp3) is 0.857. The maximum atomic E-state index is 5.56. The lowest BCUT2D eigenvalue weighted by atomic mass is 10.3. The molecule has 1 fully saturated rings. The molecule has 1 saturated heterocycles. The Bertz CT molecular complexity index is 55.9. The van der Waals surface area contributed by atoms with Crippen molar-refractivity contribution in [3.05, 3.63) is 7.05 Å². The van der Waals surface area contributed by atoms with Crippen LogP contribution in [0.3, 0.4) is 0 Å². The first kappa shape index (κ1) is 8.92. The highest BCUT2D eigenvalue weighted by Crippen LogP contribution is 1.85. The third-order valence-corrected chi connectivity index (χ3v) is 1.42. The molecule has 0 radical (unpaired) electrons. The van der Waals surface area contributed by atoms with E-state index in [2.05, 4.69) is 7.05 Å². The molecular weight excluding hydrogens is 112 g/mol. The lowest BCUT2D eigenvalue weighted by Gasteiger charge is -2.10. The van der Waals surface area contributed by atoms with Gasteiger partial charge in [-0.25, -0.2) is 0 Å². The highest BCUT2D eigenvalue weighted by molar-refractivity contribution is 4.62. The van der Waals surface area contributed by atoms with E-state index in [0.29, 0.717) is 6.04 Å². The van der Waals surface area contributed by atoms with Crippen molar-refractivity contribution in [1.29, 1.82) is 0 Å². The summed E-state index contributed by atoms with van der Waals surface area (Å²) >= 11 is 0. The van der Waals surface area contributed by atoms with Crippen molar-refractivity contribution in [2.45, 2.75) is 26.3 Å². The summed E-state index contributed by atoms with van der Waals surface area (Å²) in [6.45, 7) is 6.21. The summed E-state index contributed by atoms with van der Waals surface area (Å²) in [6.07, 6.45) is 1.15. The van der Waals surface area contributed by atoms with E-state index in [-0.39, 0.29) is 0 Å². The van der Waals surface area contributed by atoms with Crippen LogP contribution in [0.5, 0.6) is 0 Å². The molecule has 56 valence electrons. The van der Waals surface area contributed by atoms with E-state index < -0.39 is 0 Å². The molecule has 1 rings (SSSR count). The van der Waals surface area contributed by atoms with Crippen molar-refractivity contribution in [2.75, 3.05) is 13.1 Å². The molecule has 1 aliphatic rings. The minimum Gasteiger partial charge on any atom is -0.466 e. The Labute approximate surface area is 58.0 Å². The van der Waals surface area contributed by atoms with E-state index in [0.717, 1.165) is 19.5 Å². The molecule has 0 aromatic heterocycles. The van der Waals surface area contributed by atoms with Gasteiger partial charge in [-0.1, -0.05) is 13.8 Å². The van der Waals surface area contributed by atoms with Crippen molar-refractivity contribution in [1.82, 2.24) is 0 Å². The number of nitrogens with one attached hydrogen (secondary N) is 1. The molecule has 9 heavy (non-hydrogen) atoms. The van der Waals surface area contributed by atoms with Crippen LogP contribution in [0.4, 0.5) is 0 Å². The molecule has 2 nitrogen and oxygen atoms in total. The predicted octanol–water partition coefficient (Wildman–Crippen LogP) is -0.580. The van der Waals surface area contributed by atoms with Gasteiger partial charge < -0.3 is 10.6 Å². The molecule has 0 spiro atoms. The standard InChI is InChI=1S/C5H12N2.C2H6/c1-7-3-2-5(6)4-7;1-2/h5,7H,1-4,6H2;1-2H3. The molecule has 0 aromatic carbocycles. The second kappa shape index (κ2) is 4.77. The van der Waals surface area contributed by atoms with Gasteiger partial charge >= 0.3 is 0 Å². The Morgan fingerprint density at radius 1 is 1.56 bits per heavy atom. The third kappa shape index (κ3) is 3.49. The number of nitrogens with two attached hydrogens (primary N) is 1. The first-order valence-corrected chi connectivity index (χ1v) is 3.71. The summed E-state index contributed by atoms with van der Waals surface area (Å²) in [5.74, 6) is 0. The highest BCUT2D eigenvalue weighted by atomic mass is 15.1. The average molecular weight is 130 g/mol. The number of hydrogen-bond donors (Lipinski definition) is 2. The van der Waals surface area contributed by atoms with E-state index in [4.69, 9.17) is 5.73 Å². The second-order valence-electron chi connectivity index (χ2n) is 2.25. The second-order valence-corrected chi connectivity index (χ2v) is 2.25. The Morgan fingerprint density at radius 2 is 2.11 bits per heavy atom. The van der Waals surface area contributed by atoms with E-state index in [1.54, 1.807) is 0 Å². The minimum absolute atomic E-state index is 0.424. The normalized spacial score (nSPS) is 33.3. The first-order chi connectivity index (χ1) is 4.29. The van der Waals surface area contributed by atoms with Gasteiger partial charge in [0, 0.05) is 6.42 Å². The monoisotopic (exact) mass is 130 g/mol. The molecule has 2 atom stereocenters. The minimum atomic E-state index is 0.424. The third-order valence-electron chi connectivity index (χ3n) is 1.42. The maximum absolute atomic E-state index is 5.56. The lowest BCUT2D eigenvalue weighted by molar-refractivity contribution is -0.840. The molecule has 0 saturated carbocycles. The summed E-state index contributed by atoms with van der Waals surface area (Å²) in [7, 11) is 3.82. The Morgan fingerprint density at radius 3 is 2.22 bits per heavy atom. The van der Waals surface area contributed by atoms with E-state index in [1.165, 1.54) is 4.90 Å².